The van der Waals surface area contributed by atoms with Gasteiger partial charge < -0.3 is 20.9 Å². The van der Waals surface area contributed by atoms with Crippen LogP contribution in [0.3, 0.4) is 0 Å². The Morgan fingerprint density at radius 2 is 1.26 bits per heavy atom. The molecule has 12 nitrogen and oxygen atoms in total. The van der Waals surface area contributed by atoms with Crippen molar-refractivity contribution in [3.8, 4) is 0 Å². The predicted molar refractivity (Wildman–Crippen MR) is 281 cm³/mol. The van der Waals surface area contributed by atoms with Crippen LogP contribution in [-0.4, -0.2) is 53.3 Å². The smallest absolute Gasteiger partial charge is 0.305 e. The summed E-state index contributed by atoms with van der Waals surface area (Å²) < 4.78 is 28.3. The molecule has 364 valence electrons. The fourth-order valence-electron chi connectivity index (χ4n) is 8.16. The molecule has 0 aromatic heterocycles. The zero-order chi connectivity index (χ0) is 51.6. The van der Waals surface area contributed by atoms with Crippen LogP contribution in [0.15, 0.2) is 77.8 Å². The maximum Gasteiger partial charge on any atom is 0.305 e. The number of amides is 3. The third-order valence-electron chi connectivity index (χ3n) is 13.0. The Balaban J connectivity index is 0.000000221. The molecule has 2 saturated carbocycles. The number of carbonyl (C=O) groups is 3. The summed E-state index contributed by atoms with van der Waals surface area (Å²) in [6.45, 7) is 28.9. The Morgan fingerprint density at radius 1 is 0.771 bits per heavy atom. The highest BCUT2D eigenvalue weighted by Crippen LogP contribution is 2.49. The van der Waals surface area contributed by atoms with E-state index in [0.29, 0.717) is 19.3 Å². The lowest BCUT2D eigenvalue weighted by Crippen LogP contribution is -2.55. The molecule has 3 fully saturated rings. The summed E-state index contributed by atoms with van der Waals surface area (Å²) in [6.07, 6.45) is 8.16. The minimum absolute atomic E-state index is 0.00108. The van der Waals surface area contributed by atoms with Crippen molar-refractivity contribution in [1.82, 2.24) is 10.6 Å². The summed E-state index contributed by atoms with van der Waals surface area (Å²) >= 11 is 21.6. The van der Waals surface area contributed by atoms with Gasteiger partial charge in [-0.1, -0.05) is 87.3 Å². The average molecular weight is 1030 g/mol. The first kappa shape index (κ1) is 54.6. The number of hydrogen-bond donors (Lipinski definition) is 3. The van der Waals surface area contributed by atoms with Gasteiger partial charge in [0.05, 0.1) is 34.0 Å². The fourth-order valence-corrected chi connectivity index (χ4v) is 9.12. The Kier molecular flexibility index (Phi) is 18.0. The largest absolute Gasteiger partial charge is 0.359 e. The predicted octanol–water partition coefficient (Wildman–Crippen LogP) is 13.2. The fraction of sp³-hybridized carbons (Fsp3) is 0.385. The number of anilines is 3. The van der Waals surface area contributed by atoms with Gasteiger partial charge in [-0.05, 0) is 123 Å². The van der Waals surface area contributed by atoms with Gasteiger partial charge in [0.25, 0.3) is 5.91 Å². The monoisotopic (exact) mass is 1020 g/mol. The molecule has 7 rings (SSSR count). The molecule has 1 heterocycles. The third kappa shape index (κ3) is 11.8. The summed E-state index contributed by atoms with van der Waals surface area (Å²) in [4.78, 5) is 53.9. The first-order valence-electron chi connectivity index (χ1n) is 22.4. The van der Waals surface area contributed by atoms with Gasteiger partial charge in [0.15, 0.2) is 16.7 Å². The number of nitrogens with one attached hydrogen (secondary N) is 3. The zero-order valence-corrected chi connectivity index (χ0v) is 42.9. The van der Waals surface area contributed by atoms with Crippen LogP contribution in [0, 0.1) is 42.2 Å². The van der Waals surface area contributed by atoms with E-state index < -0.39 is 22.6 Å². The maximum atomic E-state index is 15.1. The van der Waals surface area contributed by atoms with E-state index in [0.717, 1.165) is 61.9 Å². The molecule has 0 atom stereocenters. The number of nitrogens with zero attached hydrogens (tertiary/aromatic N) is 6. The van der Waals surface area contributed by atoms with Crippen LogP contribution < -0.4 is 25.8 Å². The SMILES string of the molecule is [C-]#[N+]C1(Nc2ccc(CCC(C)(C)C(=O)NC)cc2)CCC1.[C-]#[N+]c1ccc(N2C(=O)C3(CCC3)N(c3ccc(CCC(C)(C)C(=O)NC)cc3)C2=S)c(F)c1Cl.[C-]#[N+]c1ccc(N=C=S)c(F)c1Cl. The van der Waals surface area contributed by atoms with Crippen LogP contribution in [0.1, 0.15) is 90.2 Å². The minimum Gasteiger partial charge on any atom is -0.359 e. The number of hydrogen-bond acceptors (Lipinski definition) is 7. The van der Waals surface area contributed by atoms with E-state index >= 15 is 4.39 Å². The second-order valence-electron chi connectivity index (χ2n) is 18.4. The van der Waals surface area contributed by atoms with Gasteiger partial charge in [0, 0.05) is 49.1 Å². The normalized spacial score (nSPS) is 15.2. The second-order valence-corrected chi connectivity index (χ2v) is 19.7. The molecule has 1 spiro atoms. The van der Waals surface area contributed by atoms with E-state index in [-0.39, 0.29) is 66.7 Å². The Morgan fingerprint density at radius 3 is 1.69 bits per heavy atom. The minimum atomic E-state index is -0.850. The van der Waals surface area contributed by atoms with Gasteiger partial charge >= 0.3 is 5.66 Å². The highest BCUT2D eigenvalue weighted by atomic mass is 35.5. The van der Waals surface area contributed by atoms with Crippen molar-refractivity contribution in [1.29, 1.82) is 0 Å². The van der Waals surface area contributed by atoms with Gasteiger partial charge in [-0.3, -0.25) is 24.1 Å². The summed E-state index contributed by atoms with van der Waals surface area (Å²) in [5.41, 5.74) is 1.97. The first-order chi connectivity index (χ1) is 33.2. The summed E-state index contributed by atoms with van der Waals surface area (Å²) in [6, 6.07) is 21.5. The van der Waals surface area contributed by atoms with E-state index in [1.807, 2.05) is 74.2 Å². The van der Waals surface area contributed by atoms with Crippen molar-refractivity contribution in [3.05, 3.63) is 140 Å². The lowest BCUT2D eigenvalue weighted by Gasteiger charge is -2.43. The molecule has 1 saturated heterocycles. The molecule has 3 N–H and O–H groups in total. The number of benzene rings is 4. The van der Waals surface area contributed by atoms with Gasteiger partial charge in [-0.25, -0.2) is 25.0 Å². The topological polar surface area (TPSA) is 119 Å². The van der Waals surface area contributed by atoms with E-state index in [9.17, 15) is 18.8 Å². The molecule has 18 heteroatoms. The van der Waals surface area contributed by atoms with Crippen molar-refractivity contribution in [2.24, 2.45) is 15.8 Å². The average Bonchev–Trinajstić information content (AvgIpc) is 3.57. The van der Waals surface area contributed by atoms with Gasteiger partial charge in [-0.2, -0.15) is 4.99 Å². The summed E-state index contributed by atoms with van der Waals surface area (Å²) in [5.74, 6) is -1.78. The van der Waals surface area contributed by atoms with Crippen LogP contribution in [0.2, 0.25) is 10.0 Å². The second kappa shape index (κ2) is 23.1. The zero-order valence-electron chi connectivity index (χ0n) is 39.7. The Hall–Kier alpha value is -6.31. The highest BCUT2D eigenvalue weighted by Gasteiger charge is 2.60. The van der Waals surface area contributed by atoms with Crippen LogP contribution in [0.5, 0.6) is 0 Å². The molecular weight excluding hydrogens is 972 g/mol. The number of aliphatic imine (C=N–C) groups is 1. The molecule has 4 aromatic carbocycles. The molecule has 70 heavy (non-hydrogen) atoms. The van der Waals surface area contributed by atoms with E-state index in [1.54, 1.807) is 14.1 Å². The highest BCUT2D eigenvalue weighted by molar-refractivity contribution is 7.81. The van der Waals surface area contributed by atoms with E-state index in [4.69, 9.17) is 55.1 Å². The molecule has 1 aliphatic heterocycles. The van der Waals surface area contributed by atoms with Crippen LogP contribution in [0.25, 0.3) is 14.5 Å². The Labute approximate surface area is 429 Å². The lowest BCUT2D eigenvalue weighted by molar-refractivity contribution is -0.129. The number of carbonyl (C=O) groups excluding carboxylic acids is 3. The van der Waals surface area contributed by atoms with Crippen LogP contribution in [0.4, 0.5) is 42.9 Å². The number of rotatable bonds is 13. The third-order valence-corrected chi connectivity index (χ3v) is 14.2. The van der Waals surface area contributed by atoms with E-state index in [1.165, 1.54) is 34.7 Å². The number of thiocarbonyl (C=S) groups is 2. The summed E-state index contributed by atoms with van der Waals surface area (Å²) in [5, 5.41) is 10.4. The molecule has 2 aliphatic carbocycles. The lowest BCUT2D eigenvalue weighted by atomic mass is 9.75. The molecule has 4 aromatic rings. The van der Waals surface area contributed by atoms with Gasteiger partial charge in [0.1, 0.15) is 11.2 Å². The quantitative estimate of drug-likeness (QED) is 0.0693. The van der Waals surface area contributed by atoms with Crippen molar-refractivity contribution in [2.75, 3.05) is 29.2 Å². The summed E-state index contributed by atoms with van der Waals surface area (Å²) in [7, 11) is 3.32. The molecule has 3 aliphatic rings. The Bertz CT molecular complexity index is 2830. The van der Waals surface area contributed by atoms with Crippen molar-refractivity contribution in [2.45, 2.75) is 103 Å². The molecule has 0 radical (unpaired) electrons. The van der Waals surface area contributed by atoms with Gasteiger partial charge in [0.2, 0.25) is 23.2 Å². The molecule has 0 unspecified atom stereocenters. The van der Waals surface area contributed by atoms with Crippen molar-refractivity contribution < 1.29 is 23.2 Å². The van der Waals surface area contributed by atoms with Gasteiger partial charge in [-0.15, -0.1) is 0 Å². The maximum absolute atomic E-state index is 15.1. The van der Waals surface area contributed by atoms with E-state index in [2.05, 4.69) is 59.8 Å². The number of aryl methyl sites for hydroxylation is 2. The standard InChI is InChI=1S/C26H26ClFN4O2S.C18H25N3O.C8H2ClFN2S/c1-25(2,22(33)30-4)15-12-16-6-8-17(9-7-16)32-24(35)31(23(34)26(32)13-5-14-26)19-11-10-18(29-3)20(27)21(19)28;1-17(2,16(22)19-3)13-10-14-6-8-15(9-7-14)21-18(20-4)11-5-12-18;1-11-5-2-3-6(12-4-13)8(10)7(5)9/h6-11H,5,12-15H2,1-2,4H3,(H,30,33);6-9,21H,5,10-13H2,1-3H3,(H,19,22);2-3H. The van der Waals surface area contributed by atoms with Crippen molar-refractivity contribution >= 4 is 110 Å². The molecular formula is C52H53Cl2F2N9O3S2. The first-order valence-corrected chi connectivity index (χ1v) is 24.0. The number of isothiocyanates is 1. The van der Waals surface area contributed by atoms with Crippen LogP contribution >= 0.6 is 47.6 Å². The van der Waals surface area contributed by atoms with Crippen LogP contribution in [-0.2, 0) is 27.2 Å². The number of halogens is 4. The van der Waals surface area contributed by atoms with Crippen molar-refractivity contribution in [3.63, 3.8) is 0 Å². The molecule has 3 amide bonds. The molecule has 0 bridgehead atoms.